The quantitative estimate of drug-likeness (QED) is 0.195. The summed E-state index contributed by atoms with van der Waals surface area (Å²) in [6.07, 6.45) is 18.5. The van der Waals surface area contributed by atoms with Crippen molar-refractivity contribution in [3.63, 3.8) is 0 Å². The summed E-state index contributed by atoms with van der Waals surface area (Å²) in [6.45, 7) is 4.52. The Morgan fingerprint density at radius 3 is 1.39 bits per heavy atom. The fraction of sp³-hybridized carbons (Fsp3) is 0.905. The van der Waals surface area contributed by atoms with E-state index in [2.05, 4.69) is 25.7 Å². The minimum atomic E-state index is 1.02. The van der Waals surface area contributed by atoms with Crippen LogP contribution in [-0.4, -0.2) is 23.0 Å². The van der Waals surface area contributed by atoms with Gasteiger partial charge in [0.2, 0.25) is 0 Å². The summed E-state index contributed by atoms with van der Waals surface area (Å²) in [6, 6.07) is 0. The van der Waals surface area contributed by atoms with Crippen molar-refractivity contribution < 1.29 is 0 Å². The zero-order valence-corrected chi connectivity index (χ0v) is 17.5. The monoisotopic (exact) mass is 356 g/mol. The predicted molar refractivity (Wildman–Crippen MR) is 114 cm³/mol. The molecule has 0 fully saturated rings. The molecular weight excluding hydrogens is 316 g/mol. The van der Waals surface area contributed by atoms with Crippen LogP contribution in [0.1, 0.15) is 97.3 Å². The molecule has 0 rings (SSSR count). The molecule has 0 aromatic rings. The van der Waals surface area contributed by atoms with Gasteiger partial charge in [-0.1, -0.05) is 96.3 Å². The van der Waals surface area contributed by atoms with E-state index < -0.39 is 0 Å². The number of rotatable bonds is 17. The Morgan fingerprint density at radius 2 is 0.913 bits per heavy atom. The van der Waals surface area contributed by atoms with E-state index in [1.165, 1.54) is 95.0 Å². The molecule has 136 valence electrons. The van der Waals surface area contributed by atoms with Crippen molar-refractivity contribution in [3.05, 3.63) is 0 Å². The van der Waals surface area contributed by atoms with Crippen LogP contribution in [0.3, 0.4) is 0 Å². The summed E-state index contributed by atoms with van der Waals surface area (Å²) in [4.78, 5) is 0. The molecule has 0 unspecified atom stereocenters. The maximum atomic E-state index is 3.28. The number of thioether (sulfide) groups is 2. The third-order valence-electron chi connectivity index (χ3n) is 3.96. The normalized spacial score (nSPS) is 10.5. The fourth-order valence-corrected chi connectivity index (χ4v) is 3.93. The Hall–Kier alpha value is 0.260. The smallest absolute Gasteiger partial charge is 0.0547 e. The Labute approximate surface area is 155 Å². The Balaban J connectivity index is 3.02. The Morgan fingerprint density at radius 1 is 0.478 bits per heavy atom. The van der Waals surface area contributed by atoms with Crippen molar-refractivity contribution in [3.8, 4) is 11.8 Å². The van der Waals surface area contributed by atoms with Gasteiger partial charge in [0.1, 0.15) is 0 Å². The van der Waals surface area contributed by atoms with E-state index in [9.17, 15) is 0 Å². The molecule has 0 bridgehead atoms. The van der Waals surface area contributed by atoms with E-state index in [-0.39, 0.29) is 0 Å². The van der Waals surface area contributed by atoms with Gasteiger partial charge in [-0.2, -0.15) is 0 Å². The summed E-state index contributed by atoms with van der Waals surface area (Å²) in [5.74, 6) is 11.1. The number of hydrogen-bond acceptors (Lipinski definition) is 2. The van der Waals surface area contributed by atoms with Crippen LogP contribution in [0.5, 0.6) is 0 Å². The van der Waals surface area contributed by atoms with Crippen molar-refractivity contribution in [1.82, 2.24) is 0 Å². The van der Waals surface area contributed by atoms with E-state index >= 15 is 0 Å². The number of hydrogen-bond donors (Lipinski definition) is 0. The van der Waals surface area contributed by atoms with Gasteiger partial charge in [-0.25, -0.2) is 0 Å². The molecule has 0 atom stereocenters. The van der Waals surface area contributed by atoms with Crippen LogP contribution < -0.4 is 0 Å². The lowest BCUT2D eigenvalue weighted by Gasteiger charge is -2.02. The van der Waals surface area contributed by atoms with E-state index in [1.54, 1.807) is 0 Å². The Kier molecular flexibility index (Phi) is 22.5. The molecule has 0 heterocycles. The maximum Gasteiger partial charge on any atom is 0.0547 e. The van der Waals surface area contributed by atoms with Crippen LogP contribution in [0, 0.1) is 11.8 Å². The van der Waals surface area contributed by atoms with Crippen molar-refractivity contribution >= 4 is 23.5 Å². The molecule has 23 heavy (non-hydrogen) atoms. The van der Waals surface area contributed by atoms with Crippen LogP contribution in [-0.2, 0) is 0 Å². The summed E-state index contributed by atoms with van der Waals surface area (Å²) < 4.78 is 0. The molecule has 0 amide bonds. The minimum Gasteiger partial charge on any atom is -0.149 e. The van der Waals surface area contributed by atoms with Gasteiger partial charge in [0.25, 0.3) is 0 Å². The first-order valence-electron chi connectivity index (χ1n) is 10.0. The molecule has 2 heteroatoms. The van der Waals surface area contributed by atoms with Gasteiger partial charge in [-0.3, -0.25) is 0 Å². The first-order chi connectivity index (χ1) is 11.4. The third-order valence-corrected chi connectivity index (χ3v) is 5.94. The topological polar surface area (TPSA) is 0 Å². The van der Waals surface area contributed by atoms with Gasteiger partial charge in [-0.15, -0.1) is 23.5 Å². The number of unbranched alkanes of at least 4 members (excludes halogenated alkanes) is 11. The van der Waals surface area contributed by atoms with Crippen molar-refractivity contribution in [2.45, 2.75) is 97.3 Å². The molecule has 0 aliphatic heterocycles. The largest absolute Gasteiger partial charge is 0.149 e. The van der Waals surface area contributed by atoms with Crippen LogP contribution in [0.15, 0.2) is 0 Å². The van der Waals surface area contributed by atoms with E-state index in [0.717, 1.165) is 11.5 Å². The molecule has 0 saturated carbocycles. The average molecular weight is 357 g/mol. The van der Waals surface area contributed by atoms with Gasteiger partial charge in [0.05, 0.1) is 11.5 Å². The second kappa shape index (κ2) is 22.3. The lowest BCUT2D eigenvalue weighted by atomic mass is 10.1. The molecule has 0 N–H and O–H groups in total. The van der Waals surface area contributed by atoms with E-state index in [1.807, 2.05) is 23.5 Å². The molecule has 0 aromatic heterocycles. The zero-order chi connectivity index (χ0) is 16.8. The molecule has 0 radical (unpaired) electrons. The van der Waals surface area contributed by atoms with Crippen molar-refractivity contribution in [1.29, 1.82) is 0 Å². The van der Waals surface area contributed by atoms with Crippen molar-refractivity contribution in [2.24, 2.45) is 0 Å². The van der Waals surface area contributed by atoms with Crippen molar-refractivity contribution in [2.75, 3.05) is 23.0 Å². The van der Waals surface area contributed by atoms with Gasteiger partial charge >= 0.3 is 0 Å². The first-order valence-corrected chi connectivity index (χ1v) is 12.3. The first kappa shape index (κ1) is 23.3. The lowest BCUT2D eigenvalue weighted by molar-refractivity contribution is 0.548. The van der Waals surface area contributed by atoms with E-state index in [0.29, 0.717) is 0 Å². The van der Waals surface area contributed by atoms with Crippen LogP contribution in [0.25, 0.3) is 0 Å². The van der Waals surface area contributed by atoms with Gasteiger partial charge in [-0.05, 0) is 24.3 Å². The van der Waals surface area contributed by atoms with Gasteiger partial charge in [0.15, 0.2) is 0 Å². The molecule has 0 saturated heterocycles. The summed E-state index contributed by atoms with van der Waals surface area (Å²) in [5, 5.41) is 0. The zero-order valence-electron chi connectivity index (χ0n) is 15.8. The van der Waals surface area contributed by atoms with Crippen LogP contribution in [0.2, 0.25) is 0 Å². The van der Waals surface area contributed by atoms with Gasteiger partial charge < -0.3 is 0 Å². The highest BCUT2D eigenvalue weighted by Gasteiger charge is 1.93. The third kappa shape index (κ3) is 22.3. The summed E-state index contributed by atoms with van der Waals surface area (Å²) in [7, 11) is 0. The highest BCUT2D eigenvalue weighted by atomic mass is 32.2. The highest BCUT2D eigenvalue weighted by Crippen LogP contribution is 2.13. The lowest BCUT2D eigenvalue weighted by Crippen LogP contribution is -1.85. The molecule has 0 nitrogen and oxygen atoms in total. The standard InChI is InChI=1S/C21H40S2/c1-3-5-6-7-8-9-10-11-12-13-14-15-19-23-21-17-16-20-22-18-4-2/h3-15,18-21H2,1-2H3. The summed E-state index contributed by atoms with van der Waals surface area (Å²) >= 11 is 3.97. The second-order valence-electron chi connectivity index (χ2n) is 6.35. The fourth-order valence-electron chi connectivity index (χ4n) is 2.54. The van der Waals surface area contributed by atoms with E-state index in [4.69, 9.17) is 0 Å². The maximum absolute atomic E-state index is 3.28. The molecule has 0 spiro atoms. The molecule has 0 aliphatic rings. The molecule has 0 aliphatic carbocycles. The van der Waals surface area contributed by atoms with Gasteiger partial charge in [0, 0.05) is 0 Å². The molecule has 0 aromatic carbocycles. The van der Waals surface area contributed by atoms with Crippen LogP contribution in [0.4, 0.5) is 0 Å². The minimum absolute atomic E-state index is 1.02. The molecular formula is C21H40S2. The SMILES string of the molecule is CCCCCCCCCCCCCCSCC#CCSCCC. The highest BCUT2D eigenvalue weighted by molar-refractivity contribution is 7.99. The average Bonchev–Trinajstić information content (AvgIpc) is 2.57. The Bertz CT molecular complexity index is 265. The second-order valence-corrected chi connectivity index (χ2v) is 8.56. The van der Waals surface area contributed by atoms with Crippen LogP contribution >= 0.6 is 23.5 Å². The summed E-state index contributed by atoms with van der Waals surface area (Å²) in [5.41, 5.74) is 0. The predicted octanol–water partition coefficient (Wildman–Crippen LogP) is 7.57.